The van der Waals surface area contributed by atoms with E-state index in [0.717, 1.165) is 11.5 Å². The maximum atomic E-state index is 11.2. The second-order valence-corrected chi connectivity index (χ2v) is 3.60. The molecule has 16 heavy (non-hydrogen) atoms. The van der Waals surface area contributed by atoms with Crippen molar-refractivity contribution in [1.29, 1.82) is 0 Å². The number of nitrogens with one attached hydrogen (secondary N) is 2. The first-order valence-electron chi connectivity index (χ1n) is 5.07. The maximum absolute atomic E-state index is 11.2. The highest BCUT2D eigenvalue weighted by Crippen LogP contribution is 2.00. The molecule has 88 valence electrons. The summed E-state index contributed by atoms with van der Waals surface area (Å²) in [6.07, 6.45) is 1.51. The zero-order chi connectivity index (χ0) is 12.0. The molecule has 0 aromatic carbocycles. The summed E-state index contributed by atoms with van der Waals surface area (Å²) in [7, 11) is 3.41. The number of urea groups is 1. The molecule has 0 bridgehead atoms. The van der Waals surface area contributed by atoms with Crippen LogP contribution in [0.2, 0.25) is 0 Å². The zero-order valence-electron chi connectivity index (χ0n) is 9.82. The summed E-state index contributed by atoms with van der Waals surface area (Å²) in [5.74, 6) is 0.770. The molecule has 1 heterocycles. The van der Waals surface area contributed by atoms with Crippen LogP contribution in [0.5, 0.6) is 0 Å². The first kappa shape index (κ1) is 12.2. The fraction of sp³-hybridized carbons (Fsp3) is 0.500. The van der Waals surface area contributed by atoms with Crippen LogP contribution in [0.3, 0.4) is 0 Å². The largest absolute Gasteiger partial charge is 0.368 e. The number of hydrogen-bond donors (Lipinski definition) is 2. The molecule has 0 aliphatic carbocycles. The molecule has 0 aliphatic heterocycles. The lowest BCUT2D eigenvalue weighted by atomic mass is 10.4. The lowest BCUT2D eigenvalue weighted by molar-refractivity contribution is 0.218. The molecule has 0 aliphatic rings. The van der Waals surface area contributed by atoms with Crippen LogP contribution >= 0.6 is 0 Å². The Hall–Kier alpha value is -1.85. The van der Waals surface area contributed by atoms with Crippen molar-refractivity contribution in [3.05, 3.63) is 18.1 Å². The van der Waals surface area contributed by atoms with Gasteiger partial charge in [-0.25, -0.2) is 14.8 Å². The number of anilines is 1. The topological polar surface area (TPSA) is 70.2 Å². The second-order valence-electron chi connectivity index (χ2n) is 3.60. The van der Waals surface area contributed by atoms with Crippen molar-refractivity contribution in [3.8, 4) is 0 Å². The van der Waals surface area contributed by atoms with Gasteiger partial charge in [0.05, 0.1) is 0 Å². The number of nitrogens with zero attached hydrogens (tertiary/aromatic N) is 3. The molecule has 2 amide bonds. The minimum Gasteiger partial charge on any atom is -0.368 e. The van der Waals surface area contributed by atoms with Crippen molar-refractivity contribution in [2.75, 3.05) is 32.5 Å². The molecule has 6 heteroatoms. The summed E-state index contributed by atoms with van der Waals surface area (Å²) in [6.45, 7) is 3.09. The molecule has 6 nitrogen and oxygen atoms in total. The quantitative estimate of drug-likeness (QED) is 0.728. The van der Waals surface area contributed by atoms with Crippen LogP contribution in [0.1, 0.15) is 5.69 Å². The van der Waals surface area contributed by atoms with Crippen LogP contribution in [-0.2, 0) is 0 Å². The Bertz CT molecular complexity index is 353. The minimum atomic E-state index is -0.0966. The van der Waals surface area contributed by atoms with Crippen molar-refractivity contribution in [1.82, 2.24) is 20.2 Å². The molecule has 0 fully saturated rings. The Morgan fingerprint density at radius 3 is 2.75 bits per heavy atom. The van der Waals surface area contributed by atoms with E-state index in [1.54, 1.807) is 14.1 Å². The monoisotopic (exact) mass is 223 g/mol. The lowest BCUT2D eigenvalue weighted by Gasteiger charge is -2.12. The van der Waals surface area contributed by atoms with Gasteiger partial charge in [0.15, 0.2) is 0 Å². The van der Waals surface area contributed by atoms with Crippen LogP contribution in [0.4, 0.5) is 10.6 Å². The highest BCUT2D eigenvalue weighted by molar-refractivity contribution is 5.73. The van der Waals surface area contributed by atoms with Gasteiger partial charge in [-0.05, 0) is 6.92 Å². The number of carbonyl (C=O) groups is 1. The van der Waals surface area contributed by atoms with Crippen LogP contribution in [0.15, 0.2) is 12.4 Å². The fourth-order valence-electron chi connectivity index (χ4n) is 1.07. The highest BCUT2D eigenvalue weighted by atomic mass is 16.2. The third-order valence-electron chi connectivity index (χ3n) is 1.92. The first-order valence-corrected chi connectivity index (χ1v) is 5.07. The maximum Gasteiger partial charge on any atom is 0.316 e. The Balaban J connectivity index is 2.23. The van der Waals surface area contributed by atoms with Gasteiger partial charge >= 0.3 is 6.03 Å². The molecule has 0 radical (unpaired) electrons. The van der Waals surface area contributed by atoms with Gasteiger partial charge in [-0.15, -0.1) is 0 Å². The van der Waals surface area contributed by atoms with Crippen molar-refractivity contribution < 1.29 is 4.79 Å². The van der Waals surface area contributed by atoms with Crippen molar-refractivity contribution in [2.24, 2.45) is 0 Å². The molecule has 1 aromatic heterocycles. The molecule has 0 spiro atoms. The van der Waals surface area contributed by atoms with E-state index in [2.05, 4.69) is 20.6 Å². The van der Waals surface area contributed by atoms with E-state index >= 15 is 0 Å². The molecule has 1 aromatic rings. The number of rotatable bonds is 4. The highest BCUT2D eigenvalue weighted by Gasteiger charge is 2.00. The Labute approximate surface area is 95.1 Å². The second kappa shape index (κ2) is 5.89. The molecule has 0 atom stereocenters. The van der Waals surface area contributed by atoms with Gasteiger partial charge < -0.3 is 15.5 Å². The van der Waals surface area contributed by atoms with E-state index in [4.69, 9.17) is 0 Å². The normalized spacial score (nSPS) is 9.69. The molecule has 2 N–H and O–H groups in total. The lowest BCUT2D eigenvalue weighted by Crippen LogP contribution is -2.37. The summed E-state index contributed by atoms with van der Waals surface area (Å²) in [5.41, 5.74) is 0.912. The van der Waals surface area contributed by atoms with Crippen molar-refractivity contribution >= 4 is 11.8 Å². The molecule has 1 rings (SSSR count). The SMILES string of the molecule is Cc1cc(NCCNC(=O)N(C)C)ncn1. The van der Waals surface area contributed by atoms with E-state index in [1.807, 2.05) is 13.0 Å². The van der Waals surface area contributed by atoms with Crippen LogP contribution in [0.25, 0.3) is 0 Å². The first-order chi connectivity index (χ1) is 7.59. The Morgan fingerprint density at radius 2 is 2.12 bits per heavy atom. The van der Waals surface area contributed by atoms with Gasteiger partial charge in [-0.1, -0.05) is 0 Å². The van der Waals surface area contributed by atoms with E-state index in [9.17, 15) is 4.79 Å². The zero-order valence-corrected chi connectivity index (χ0v) is 9.82. The van der Waals surface area contributed by atoms with Crippen LogP contribution < -0.4 is 10.6 Å². The summed E-state index contributed by atoms with van der Waals surface area (Å²) in [4.78, 5) is 20.7. The van der Waals surface area contributed by atoms with Gasteiger partial charge in [0.1, 0.15) is 12.1 Å². The predicted molar refractivity (Wildman–Crippen MR) is 62.3 cm³/mol. The summed E-state index contributed by atoms with van der Waals surface area (Å²) < 4.78 is 0. The number of aromatic nitrogens is 2. The number of amides is 2. The summed E-state index contributed by atoms with van der Waals surface area (Å²) in [5, 5.41) is 5.84. The van der Waals surface area contributed by atoms with Gasteiger partial charge in [0.2, 0.25) is 0 Å². The third-order valence-corrected chi connectivity index (χ3v) is 1.92. The summed E-state index contributed by atoms with van der Waals surface area (Å²) in [6, 6.07) is 1.76. The van der Waals surface area contributed by atoms with E-state index in [-0.39, 0.29) is 6.03 Å². The number of hydrogen-bond acceptors (Lipinski definition) is 4. The van der Waals surface area contributed by atoms with Gasteiger partial charge in [-0.2, -0.15) is 0 Å². The van der Waals surface area contributed by atoms with E-state index in [1.165, 1.54) is 11.2 Å². The fourth-order valence-corrected chi connectivity index (χ4v) is 1.07. The van der Waals surface area contributed by atoms with Crippen molar-refractivity contribution in [3.63, 3.8) is 0 Å². The number of aryl methyl sites for hydroxylation is 1. The van der Waals surface area contributed by atoms with Gasteiger partial charge in [0, 0.05) is 38.9 Å². The standard InChI is InChI=1S/C10H17N5O/c1-8-6-9(14-7-13-8)11-4-5-12-10(16)15(2)3/h6-7H,4-5H2,1-3H3,(H,12,16)(H,11,13,14). The predicted octanol–water partition coefficient (Wildman–Crippen LogP) is 0.468. The molecule has 0 unspecified atom stereocenters. The molecule has 0 saturated carbocycles. The van der Waals surface area contributed by atoms with Crippen molar-refractivity contribution in [2.45, 2.75) is 6.92 Å². The Morgan fingerprint density at radius 1 is 1.38 bits per heavy atom. The molecule has 0 saturated heterocycles. The molecular weight excluding hydrogens is 206 g/mol. The molecular formula is C10H17N5O. The van der Waals surface area contributed by atoms with Crippen LogP contribution in [0, 0.1) is 6.92 Å². The summed E-state index contributed by atoms with van der Waals surface area (Å²) >= 11 is 0. The third kappa shape index (κ3) is 4.12. The number of carbonyl (C=O) groups excluding carboxylic acids is 1. The van der Waals surface area contributed by atoms with Crippen LogP contribution in [-0.4, -0.2) is 48.1 Å². The van der Waals surface area contributed by atoms with Gasteiger partial charge in [0.25, 0.3) is 0 Å². The van der Waals surface area contributed by atoms with E-state index in [0.29, 0.717) is 13.1 Å². The average molecular weight is 223 g/mol. The average Bonchev–Trinajstić information content (AvgIpc) is 2.24. The minimum absolute atomic E-state index is 0.0966. The smallest absolute Gasteiger partial charge is 0.316 e. The van der Waals surface area contributed by atoms with E-state index < -0.39 is 0 Å². The Kier molecular flexibility index (Phi) is 4.50. The van der Waals surface area contributed by atoms with Gasteiger partial charge in [-0.3, -0.25) is 0 Å².